The number of H-pyrrole nitrogens is 1. The molecule has 0 unspecified atom stereocenters. The lowest BCUT2D eigenvalue weighted by molar-refractivity contribution is 0.300. The van der Waals surface area contributed by atoms with Crippen molar-refractivity contribution in [3.05, 3.63) is 51.9 Å². The van der Waals surface area contributed by atoms with Gasteiger partial charge in [0.05, 0.1) is 12.3 Å². The second-order valence-electron chi connectivity index (χ2n) is 7.07. The topological polar surface area (TPSA) is 83.2 Å². The number of hydrogen-bond acceptors (Lipinski definition) is 4. The van der Waals surface area contributed by atoms with Crippen molar-refractivity contribution >= 4 is 5.65 Å². The van der Waals surface area contributed by atoms with Gasteiger partial charge < -0.3 is 4.74 Å². The van der Waals surface area contributed by atoms with Gasteiger partial charge in [-0.1, -0.05) is 26.0 Å². The van der Waals surface area contributed by atoms with Crippen molar-refractivity contribution < 1.29 is 4.74 Å². The summed E-state index contributed by atoms with van der Waals surface area (Å²) in [5, 5.41) is 12.1. The molecule has 6 heteroatoms. The Morgan fingerprint density at radius 2 is 2.23 bits per heavy atom. The molecule has 1 aliphatic rings. The van der Waals surface area contributed by atoms with Gasteiger partial charge in [0.15, 0.2) is 5.65 Å². The first-order valence-corrected chi connectivity index (χ1v) is 8.86. The number of aromatic nitrogens is 3. The minimum absolute atomic E-state index is 0.00762. The zero-order valence-corrected chi connectivity index (χ0v) is 14.8. The highest BCUT2D eigenvalue weighted by Gasteiger charge is 2.23. The molecule has 2 aromatic heterocycles. The van der Waals surface area contributed by atoms with Crippen LogP contribution < -0.4 is 10.3 Å². The van der Waals surface area contributed by atoms with E-state index in [0.29, 0.717) is 28.4 Å². The molecule has 0 aliphatic heterocycles. The van der Waals surface area contributed by atoms with Crippen LogP contribution in [0.5, 0.6) is 5.75 Å². The van der Waals surface area contributed by atoms with Gasteiger partial charge in [-0.2, -0.15) is 5.26 Å². The molecule has 1 aliphatic carbocycles. The molecule has 1 saturated carbocycles. The van der Waals surface area contributed by atoms with Gasteiger partial charge in [0.25, 0.3) is 5.56 Å². The molecule has 1 fully saturated rings. The summed E-state index contributed by atoms with van der Waals surface area (Å²) in [6.45, 7) is 4.66. The Morgan fingerprint density at radius 1 is 1.42 bits per heavy atom. The van der Waals surface area contributed by atoms with Gasteiger partial charge in [-0.05, 0) is 36.8 Å². The van der Waals surface area contributed by atoms with Gasteiger partial charge in [0, 0.05) is 17.3 Å². The first-order chi connectivity index (χ1) is 12.6. The molecule has 0 atom stereocenters. The summed E-state index contributed by atoms with van der Waals surface area (Å²) in [6, 6.07) is 9.75. The van der Waals surface area contributed by atoms with Crippen LogP contribution in [0.2, 0.25) is 0 Å². The molecule has 2 heterocycles. The number of aromatic amines is 1. The van der Waals surface area contributed by atoms with Gasteiger partial charge in [0.1, 0.15) is 17.4 Å². The van der Waals surface area contributed by atoms with Crippen LogP contribution in [0, 0.1) is 17.2 Å². The summed E-state index contributed by atoms with van der Waals surface area (Å²) in [5.74, 6) is 1.44. The van der Waals surface area contributed by atoms with E-state index in [-0.39, 0.29) is 11.5 Å². The summed E-state index contributed by atoms with van der Waals surface area (Å²) < 4.78 is 7.21. The van der Waals surface area contributed by atoms with Crippen LogP contribution in [0.4, 0.5) is 0 Å². The van der Waals surface area contributed by atoms with Crippen LogP contribution in [-0.2, 0) is 0 Å². The Balaban J connectivity index is 1.86. The maximum atomic E-state index is 13.0. The maximum Gasteiger partial charge on any atom is 0.276 e. The molecule has 3 aromatic rings. The van der Waals surface area contributed by atoms with E-state index in [0.717, 1.165) is 17.9 Å². The molecule has 4 rings (SSSR count). The van der Waals surface area contributed by atoms with Gasteiger partial charge >= 0.3 is 0 Å². The molecule has 0 amide bonds. The zero-order chi connectivity index (χ0) is 18.3. The second kappa shape index (κ2) is 6.34. The number of nitriles is 1. The number of benzene rings is 1. The highest BCUT2D eigenvalue weighted by molar-refractivity contribution is 5.69. The molecule has 0 radical (unpaired) electrons. The van der Waals surface area contributed by atoms with Crippen molar-refractivity contribution in [3.8, 4) is 23.1 Å². The average Bonchev–Trinajstić information content (AvgIpc) is 3.37. The number of nitrogens with zero attached hydrogens (tertiary/aromatic N) is 3. The van der Waals surface area contributed by atoms with Crippen LogP contribution >= 0.6 is 0 Å². The summed E-state index contributed by atoms with van der Waals surface area (Å²) in [5.41, 5.74) is 2.57. The lowest BCUT2D eigenvalue weighted by atomic mass is 9.98. The molecule has 0 bridgehead atoms. The van der Waals surface area contributed by atoms with Crippen molar-refractivity contribution in [1.29, 1.82) is 5.26 Å². The number of ether oxygens (including phenoxy) is 1. The van der Waals surface area contributed by atoms with Crippen LogP contribution in [0.25, 0.3) is 16.9 Å². The fourth-order valence-corrected chi connectivity index (χ4v) is 3.08. The Kier molecular flexibility index (Phi) is 4.00. The summed E-state index contributed by atoms with van der Waals surface area (Å²) in [7, 11) is 0. The highest BCUT2D eigenvalue weighted by Crippen LogP contribution is 2.31. The third kappa shape index (κ3) is 2.86. The van der Waals surface area contributed by atoms with E-state index in [4.69, 9.17) is 4.74 Å². The molecule has 1 aromatic carbocycles. The smallest absolute Gasteiger partial charge is 0.276 e. The first-order valence-electron chi connectivity index (χ1n) is 8.86. The van der Waals surface area contributed by atoms with Gasteiger partial charge in [-0.15, -0.1) is 0 Å². The fourth-order valence-electron chi connectivity index (χ4n) is 3.08. The molecule has 0 spiro atoms. The molecular weight excluding hydrogens is 328 g/mol. The van der Waals surface area contributed by atoms with Crippen molar-refractivity contribution in [1.82, 2.24) is 14.6 Å². The molecular formula is C20H20N4O2. The Labute approximate surface area is 151 Å². The third-order valence-corrected chi connectivity index (χ3v) is 4.68. The van der Waals surface area contributed by atoms with Gasteiger partial charge in [-0.3, -0.25) is 9.89 Å². The monoisotopic (exact) mass is 348 g/mol. The standard InChI is InChI=1S/C20H20N4O2/c1-12(2)17-18(23-19-15(9-21)10-22-24(19)20(17)25)14-4-3-5-16(8-14)26-11-13-6-7-13/h3-5,8,10,12-13,22H,6-7,11H2,1-2H3. The summed E-state index contributed by atoms with van der Waals surface area (Å²) >= 11 is 0. The van der Waals surface area contributed by atoms with Crippen molar-refractivity contribution in [2.24, 2.45) is 5.92 Å². The van der Waals surface area contributed by atoms with E-state index >= 15 is 0 Å². The highest BCUT2D eigenvalue weighted by atomic mass is 16.5. The van der Waals surface area contributed by atoms with Crippen molar-refractivity contribution in [2.45, 2.75) is 32.6 Å². The zero-order valence-electron chi connectivity index (χ0n) is 14.8. The summed E-state index contributed by atoms with van der Waals surface area (Å²) in [4.78, 5) is 17.6. The van der Waals surface area contributed by atoms with Crippen LogP contribution in [0.1, 0.15) is 43.7 Å². The van der Waals surface area contributed by atoms with E-state index in [1.807, 2.05) is 38.1 Å². The van der Waals surface area contributed by atoms with Gasteiger partial charge in [-0.25, -0.2) is 9.50 Å². The number of hydrogen-bond donors (Lipinski definition) is 1. The predicted molar refractivity (Wildman–Crippen MR) is 98.3 cm³/mol. The van der Waals surface area contributed by atoms with E-state index in [9.17, 15) is 10.1 Å². The van der Waals surface area contributed by atoms with Gasteiger partial charge in [0.2, 0.25) is 0 Å². The number of rotatable bonds is 5. The maximum absolute atomic E-state index is 13.0. The van der Waals surface area contributed by atoms with Crippen LogP contribution in [-0.4, -0.2) is 21.2 Å². The van der Waals surface area contributed by atoms with Crippen LogP contribution in [0.15, 0.2) is 35.3 Å². The lowest BCUT2D eigenvalue weighted by Gasteiger charge is -2.13. The summed E-state index contributed by atoms with van der Waals surface area (Å²) in [6.07, 6.45) is 3.97. The predicted octanol–water partition coefficient (Wildman–Crippen LogP) is 3.47. The quantitative estimate of drug-likeness (QED) is 0.765. The minimum Gasteiger partial charge on any atom is -0.493 e. The second-order valence-corrected chi connectivity index (χ2v) is 7.07. The number of fused-ring (bicyclic) bond motifs is 1. The normalized spacial score (nSPS) is 13.9. The third-order valence-electron chi connectivity index (χ3n) is 4.68. The lowest BCUT2D eigenvalue weighted by Crippen LogP contribution is -2.22. The van der Waals surface area contributed by atoms with E-state index in [1.165, 1.54) is 23.6 Å². The number of nitrogens with one attached hydrogen (secondary N) is 1. The first kappa shape index (κ1) is 16.4. The SMILES string of the molecule is CC(C)c1c(-c2cccc(OCC3CC3)c2)nc2c(C#N)c[nH]n2c1=O. The molecule has 1 N–H and O–H groups in total. The Morgan fingerprint density at radius 3 is 2.92 bits per heavy atom. The molecule has 0 saturated heterocycles. The van der Waals surface area contributed by atoms with Crippen LogP contribution in [0.3, 0.4) is 0 Å². The van der Waals surface area contributed by atoms with E-state index < -0.39 is 0 Å². The van der Waals surface area contributed by atoms with Crippen molar-refractivity contribution in [3.63, 3.8) is 0 Å². The average molecular weight is 348 g/mol. The largest absolute Gasteiger partial charge is 0.493 e. The molecule has 6 nitrogen and oxygen atoms in total. The van der Waals surface area contributed by atoms with E-state index in [1.54, 1.807) is 0 Å². The molecule has 132 valence electrons. The minimum atomic E-state index is -0.175. The fraction of sp³-hybridized carbons (Fsp3) is 0.350. The molecule has 26 heavy (non-hydrogen) atoms. The van der Waals surface area contributed by atoms with E-state index in [2.05, 4.69) is 16.2 Å². The Hall–Kier alpha value is -3.07. The van der Waals surface area contributed by atoms with Crippen molar-refractivity contribution in [2.75, 3.05) is 6.61 Å². The Bertz CT molecular complexity index is 1070.